The molecule has 3 rings (SSSR count). The van der Waals surface area contributed by atoms with Crippen LogP contribution in [0.3, 0.4) is 0 Å². The number of amidine groups is 1. The zero-order valence-corrected chi connectivity index (χ0v) is 13.8. The molecule has 0 heterocycles. The van der Waals surface area contributed by atoms with Crippen LogP contribution in [0.4, 0.5) is 0 Å². The number of aliphatic hydroxyl groups excluding tert-OH is 1. The van der Waals surface area contributed by atoms with Crippen LogP contribution in [0.25, 0.3) is 22.9 Å². The van der Waals surface area contributed by atoms with Crippen molar-refractivity contribution in [2.24, 2.45) is 11.5 Å². The molecule has 0 aliphatic heterocycles. The molecular weight excluding hydrogens is 310 g/mol. The van der Waals surface area contributed by atoms with E-state index >= 15 is 0 Å². The van der Waals surface area contributed by atoms with Crippen LogP contribution in [0, 0.1) is 5.41 Å². The molecule has 3 aromatic carbocycles. The highest BCUT2D eigenvalue weighted by Gasteiger charge is 2.03. The number of nitrogen functional groups attached to an aromatic ring is 1. The zero-order valence-electron chi connectivity index (χ0n) is 13.8. The largest absolute Gasteiger partial charge is 0.394 e. The Kier molecular flexibility index (Phi) is 4.93. The van der Waals surface area contributed by atoms with E-state index in [-0.39, 0.29) is 18.5 Å². The smallest absolute Gasteiger partial charge is 0.122 e. The molecule has 3 aromatic rings. The van der Waals surface area contributed by atoms with Crippen LogP contribution in [0.1, 0.15) is 28.3 Å². The molecule has 25 heavy (non-hydrogen) atoms. The third-order valence-corrected chi connectivity index (χ3v) is 4.20. The Hall–Kier alpha value is -2.95. The number of nitrogens with one attached hydrogen (secondary N) is 1. The fourth-order valence-electron chi connectivity index (χ4n) is 2.69. The molecule has 4 heteroatoms. The van der Waals surface area contributed by atoms with Crippen molar-refractivity contribution in [1.82, 2.24) is 0 Å². The number of rotatable bonds is 5. The van der Waals surface area contributed by atoms with Gasteiger partial charge in [-0.05, 0) is 39.6 Å². The maximum Gasteiger partial charge on any atom is 0.122 e. The molecule has 0 aromatic heterocycles. The van der Waals surface area contributed by atoms with Gasteiger partial charge in [0.2, 0.25) is 0 Å². The highest BCUT2D eigenvalue weighted by Crippen LogP contribution is 2.20. The average molecular weight is 331 g/mol. The first-order valence-electron chi connectivity index (χ1n) is 8.09. The van der Waals surface area contributed by atoms with Crippen molar-refractivity contribution >= 4 is 28.8 Å². The van der Waals surface area contributed by atoms with E-state index in [1.807, 2.05) is 60.7 Å². The van der Waals surface area contributed by atoms with Crippen LogP contribution < -0.4 is 11.5 Å². The van der Waals surface area contributed by atoms with E-state index in [1.165, 1.54) is 0 Å². The quantitative estimate of drug-likeness (QED) is 0.328. The molecule has 6 N–H and O–H groups in total. The lowest BCUT2D eigenvalue weighted by molar-refractivity contribution is 0.268. The standard InChI is InChI=1S/C21H21N3O/c22-20(13-25)16-6-3-14(4-7-16)1-2-15-5-8-18-12-19(21(23)24)10-9-17(18)11-15/h1-12,20,25H,13,22H2,(H3,23,24)/b2-1+. The van der Waals surface area contributed by atoms with Gasteiger partial charge in [-0.15, -0.1) is 0 Å². The molecule has 0 saturated carbocycles. The Morgan fingerprint density at radius 3 is 2.20 bits per heavy atom. The van der Waals surface area contributed by atoms with Crippen LogP contribution in [-0.2, 0) is 0 Å². The van der Waals surface area contributed by atoms with Gasteiger partial charge in [-0.3, -0.25) is 5.41 Å². The molecule has 1 unspecified atom stereocenters. The Labute approximate surface area is 146 Å². The number of benzene rings is 3. The van der Waals surface area contributed by atoms with Crippen LogP contribution >= 0.6 is 0 Å². The Balaban J connectivity index is 1.81. The van der Waals surface area contributed by atoms with E-state index in [0.717, 1.165) is 33.0 Å². The lowest BCUT2D eigenvalue weighted by Gasteiger charge is -2.08. The maximum atomic E-state index is 9.09. The van der Waals surface area contributed by atoms with Gasteiger partial charge in [0.1, 0.15) is 5.84 Å². The van der Waals surface area contributed by atoms with Crippen LogP contribution in [-0.4, -0.2) is 17.5 Å². The summed E-state index contributed by atoms with van der Waals surface area (Å²) in [6.45, 7) is -0.0579. The summed E-state index contributed by atoms with van der Waals surface area (Å²) >= 11 is 0. The summed E-state index contributed by atoms with van der Waals surface area (Å²) in [4.78, 5) is 0. The summed E-state index contributed by atoms with van der Waals surface area (Å²) in [5.74, 6) is 0.0789. The molecule has 0 spiro atoms. The number of fused-ring (bicyclic) bond motifs is 1. The number of aliphatic hydroxyl groups is 1. The summed E-state index contributed by atoms with van der Waals surface area (Å²) in [5, 5.41) is 18.8. The molecule has 0 aliphatic carbocycles. The van der Waals surface area contributed by atoms with Crippen molar-refractivity contribution in [2.45, 2.75) is 6.04 Å². The van der Waals surface area contributed by atoms with Gasteiger partial charge in [-0.1, -0.05) is 60.7 Å². The molecule has 0 radical (unpaired) electrons. The summed E-state index contributed by atoms with van der Waals surface area (Å²) in [6.07, 6.45) is 4.10. The second kappa shape index (κ2) is 7.30. The average Bonchev–Trinajstić information content (AvgIpc) is 2.65. The maximum absolute atomic E-state index is 9.09. The topological polar surface area (TPSA) is 96.1 Å². The van der Waals surface area contributed by atoms with E-state index < -0.39 is 0 Å². The molecule has 0 saturated heterocycles. The van der Waals surface area contributed by atoms with Crippen molar-refractivity contribution in [2.75, 3.05) is 6.61 Å². The minimum absolute atomic E-state index is 0.0579. The highest BCUT2D eigenvalue weighted by atomic mass is 16.3. The molecule has 1 atom stereocenters. The van der Waals surface area contributed by atoms with E-state index in [4.69, 9.17) is 22.0 Å². The van der Waals surface area contributed by atoms with Gasteiger partial charge in [-0.2, -0.15) is 0 Å². The fraction of sp³-hybridized carbons (Fsp3) is 0.0952. The second-order valence-electron chi connectivity index (χ2n) is 6.02. The minimum Gasteiger partial charge on any atom is -0.394 e. The minimum atomic E-state index is -0.335. The SMILES string of the molecule is N=C(N)c1ccc2cc(/C=C/c3ccc(C(N)CO)cc3)ccc2c1. The van der Waals surface area contributed by atoms with Gasteiger partial charge in [0.25, 0.3) is 0 Å². The summed E-state index contributed by atoms with van der Waals surface area (Å²) in [5.41, 5.74) is 15.2. The lowest BCUT2D eigenvalue weighted by Crippen LogP contribution is -2.14. The molecule has 4 nitrogen and oxygen atoms in total. The lowest BCUT2D eigenvalue weighted by atomic mass is 10.0. The summed E-state index contributed by atoms with van der Waals surface area (Å²) in [7, 11) is 0. The Bertz CT molecular complexity index is 930. The van der Waals surface area contributed by atoms with Crippen molar-refractivity contribution in [3.63, 3.8) is 0 Å². The summed E-state index contributed by atoms with van der Waals surface area (Å²) < 4.78 is 0. The Morgan fingerprint density at radius 1 is 0.920 bits per heavy atom. The number of hydrogen-bond acceptors (Lipinski definition) is 3. The molecular formula is C21H21N3O. The Morgan fingerprint density at radius 2 is 1.52 bits per heavy atom. The highest BCUT2D eigenvalue weighted by molar-refractivity contribution is 5.99. The predicted octanol–water partition coefficient (Wildman–Crippen LogP) is 3.29. The van der Waals surface area contributed by atoms with Gasteiger partial charge in [0.05, 0.1) is 12.6 Å². The summed E-state index contributed by atoms with van der Waals surface area (Å²) in [6, 6.07) is 19.5. The van der Waals surface area contributed by atoms with E-state index in [0.29, 0.717) is 0 Å². The number of hydrogen-bond donors (Lipinski definition) is 4. The first-order valence-corrected chi connectivity index (χ1v) is 8.09. The molecule has 126 valence electrons. The molecule has 0 bridgehead atoms. The van der Waals surface area contributed by atoms with E-state index in [1.54, 1.807) is 0 Å². The second-order valence-corrected chi connectivity index (χ2v) is 6.02. The van der Waals surface area contributed by atoms with Gasteiger partial charge in [-0.25, -0.2) is 0 Å². The van der Waals surface area contributed by atoms with E-state index in [9.17, 15) is 0 Å². The number of nitrogens with two attached hydrogens (primary N) is 2. The first-order chi connectivity index (χ1) is 12.1. The monoisotopic (exact) mass is 331 g/mol. The van der Waals surface area contributed by atoms with Crippen LogP contribution in [0.5, 0.6) is 0 Å². The fourth-order valence-corrected chi connectivity index (χ4v) is 2.69. The van der Waals surface area contributed by atoms with Gasteiger partial charge >= 0.3 is 0 Å². The van der Waals surface area contributed by atoms with Gasteiger partial charge in [0.15, 0.2) is 0 Å². The van der Waals surface area contributed by atoms with Crippen molar-refractivity contribution in [1.29, 1.82) is 5.41 Å². The van der Waals surface area contributed by atoms with Crippen LogP contribution in [0.2, 0.25) is 0 Å². The van der Waals surface area contributed by atoms with Crippen molar-refractivity contribution < 1.29 is 5.11 Å². The van der Waals surface area contributed by atoms with Crippen LogP contribution in [0.15, 0.2) is 60.7 Å². The van der Waals surface area contributed by atoms with Gasteiger partial charge < -0.3 is 16.6 Å². The van der Waals surface area contributed by atoms with Gasteiger partial charge in [0, 0.05) is 5.56 Å². The van der Waals surface area contributed by atoms with Crippen molar-refractivity contribution in [3.05, 3.63) is 82.9 Å². The predicted molar refractivity (Wildman–Crippen MR) is 104 cm³/mol. The zero-order chi connectivity index (χ0) is 17.8. The molecule has 0 fully saturated rings. The normalized spacial score (nSPS) is 12.6. The van der Waals surface area contributed by atoms with Crippen molar-refractivity contribution in [3.8, 4) is 0 Å². The first kappa shape index (κ1) is 16.9. The third kappa shape index (κ3) is 3.94. The third-order valence-electron chi connectivity index (χ3n) is 4.20. The van der Waals surface area contributed by atoms with E-state index in [2.05, 4.69) is 12.1 Å². The molecule has 0 aliphatic rings. The molecule has 0 amide bonds.